The first-order chi connectivity index (χ1) is 13.8. The second-order valence-electron chi connectivity index (χ2n) is 7.97. The van der Waals surface area contributed by atoms with Crippen LogP contribution in [0.1, 0.15) is 61.1 Å². The lowest BCUT2D eigenvalue weighted by Gasteiger charge is -2.34. The second kappa shape index (κ2) is 9.39. The maximum Gasteiger partial charge on any atom is 0.251 e. The molecule has 7 nitrogen and oxygen atoms in total. The molecule has 0 spiro atoms. The molecule has 2 aromatic rings. The average molecular weight is 419 g/mol. The van der Waals surface area contributed by atoms with Crippen molar-refractivity contribution in [3.8, 4) is 0 Å². The van der Waals surface area contributed by atoms with E-state index in [2.05, 4.69) is 15.5 Å². The molecule has 2 heterocycles. The molecule has 2 unspecified atom stereocenters. The molecule has 1 N–H and O–H groups in total. The zero-order valence-electron chi connectivity index (χ0n) is 17.0. The second-order valence-corrected chi connectivity index (χ2v) is 8.40. The van der Waals surface area contributed by atoms with Crippen molar-refractivity contribution in [2.45, 2.75) is 52.0 Å². The Morgan fingerprint density at radius 2 is 2.03 bits per heavy atom. The molecule has 1 fully saturated rings. The Balaban J connectivity index is 1.70. The van der Waals surface area contributed by atoms with Crippen molar-refractivity contribution in [1.82, 2.24) is 20.4 Å². The number of carbonyl (C=O) groups is 2. The number of rotatable bonds is 6. The lowest BCUT2D eigenvalue weighted by molar-refractivity contribution is -0.135. The first-order valence-corrected chi connectivity index (χ1v) is 10.4. The maximum atomic E-state index is 13.3. The van der Waals surface area contributed by atoms with Crippen LogP contribution in [0.2, 0.25) is 5.02 Å². The molecule has 156 valence electrons. The summed E-state index contributed by atoms with van der Waals surface area (Å²) in [6.45, 7) is 7.04. The van der Waals surface area contributed by atoms with Crippen LogP contribution in [0.4, 0.5) is 0 Å². The summed E-state index contributed by atoms with van der Waals surface area (Å²) in [7, 11) is 0. The molecule has 0 aliphatic carbocycles. The van der Waals surface area contributed by atoms with Crippen LogP contribution in [0.25, 0.3) is 0 Å². The van der Waals surface area contributed by atoms with Crippen molar-refractivity contribution in [2.24, 2.45) is 5.92 Å². The number of likely N-dealkylation sites (tertiary alicyclic amines) is 1. The lowest BCUT2D eigenvalue weighted by atomic mass is 9.95. The van der Waals surface area contributed by atoms with Crippen molar-refractivity contribution in [2.75, 3.05) is 13.1 Å². The van der Waals surface area contributed by atoms with Gasteiger partial charge < -0.3 is 14.7 Å². The molecule has 1 aromatic carbocycles. The molecule has 29 heavy (non-hydrogen) atoms. The Kier molecular flexibility index (Phi) is 6.90. The summed E-state index contributed by atoms with van der Waals surface area (Å²) < 4.78 is 5.31. The van der Waals surface area contributed by atoms with Gasteiger partial charge in [-0.2, -0.15) is 4.98 Å². The Bertz CT molecular complexity index is 850. The molecule has 3 rings (SSSR count). The van der Waals surface area contributed by atoms with E-state index in [9.17, 15) is 9.59 Å². The topological polar surface area (TPSA) is 88.3 Å². The number of aryl methyl sites for hydroxylation is 1. The van der Waals surface area contributed by atoms with E-state index in [1.165, 1.54) is 0 Å². The standard InChI is InChI=1S/C21H27ClN4O3/c1-13(2)11-18(24-19(27)15-6-8-17(22)9-7-15)21(28)26-10-4-5-16(12-26)20-23-14(3)25-29-20/h6-9,13,16,18H,4-5,10-12H2,1-3H3,(H,24,27). The van der Waals surface area contributed by atoms with Crippen LogP contribution in [0.15, 0.2) is 28.8 Å². The van der Waals surface area contributed by atoms with E-state index in [4.69, 9.17) is 16.1 Å². The van der Waals surface area contributed by atoms with E-state index in [0.717, 1.165) is 12.8 Å². The fourth-order valence-electron chi connectivity index (χ4n) is 3.61. The van der Waals surface area contributed by atoms with Gasteiger partial charge in [0.2, 0.25) is 11.8 Å². The predicted octanol–water partition coefficient (Wildman–Crippen LogP) is 3.58. The fourth-order valence-corrected chi connectivity index (χ4v) is 3.74. The first kappa shape index (κ1) is 21.3. The molecule has 0 bridgehead atoms. The smallest absolute Gasteiger partial charge is 0.251 e. The van der Waals surface area contributed by atoms with E-state index >= 15 is 0 Å². The van der Waals surface area contributed by atoms with Crippen LogP contribution in [-0.4, -0.2) is 46.0 Å². The molecular formula is C21H27ClN4O3. The molecule has 0 saturated carbocycles. The normalized spacial score (nSPS) is 18.0. The number of carbonyl (C=O) groups excluding carboxylic acids is 2. The number of amides is 2. The minimum Gasteiger partial charge on any atom is -0.340 e. The van der Waals surface area contributed by atoms with Gasteiger partial charge in [-0.3, -0.25) is 9.59 Å². The van der Waals surface area contributed by atoms with Gasteiger partial charge in [-0.05, 0) is 56.4 Å². The third-order valence-corrected chi connectivity index (χ3v) is 5.29. The predicted molar refractivity (Wildman–Crippen MR) is 110 cm³/mol. The monoisotopic (exact) mass is 418 g/mol. The van der Waals surface area contributed by atoms with Crippen molar-refractivity contribution < 1.29 is 14.1 Å². The minimum atomic E-state index is -0.582. The number of hydrogen-bond donors (Lipinski definition) is 1. The first-order valence-electron chi connectivity index (χ1n) is 9.99. The van der Waals surface area contributed by atoms with E-state index in [0.29, 0.717) is 41.8 Å². The highest BCUT2D eigenvalue weighted by molar-refractivity contribution is 6.30. The third-order valence-electron chi connectivity index (χ3n) is 5.04. The summed E-state index contributed by atoms with van der Waals surface area (Å²) in [4.78, 5) is 32.1. The number of piperidine rings is 1. The van der Waals surface area contributed by atoms with E-state index < -0.39 is 6.04 Å². The van der Waals surface area contributed by atoms with Crippen molar-refractivity contribution in [3.05, 3.63) is 46.6 Å². The number of nitrogens with zero attached hydrogens (tertiary/aromatic N) is 3. The van der Waals surface area contributed by atoms with Gasteiger partial charge in [0.05, 0.1) is 5.92 Å². The summed E-state index contributed by atoms with van der Waals surface area (Å²) in [5.74, 6) is 1.11. The summed E-state index contributed by atoms with van der Waals surface area (Å²) in [5.41, 5.74) is 0.480. The molecule has 1 aliphatic heterocycles. The number of nitrogens with one attached hydrogen (secondary N) is 1. The van der Waals surface area contributed by atoms with Gasteiger partial charge in [0, 0.05) is 23.7 Å². The molecule has 2 atom stereocenters. The third kappa shape index (κ3) is 5.56. The number of hydrogen-bond acceptors (Lipinski definition) is 5. The highest BCUT2D eigenvalue weighted by Gasteiger charge is 2.33. The van der Waals surface area contributed by atoms with Crippen LogP contribution in [0.5, 0.6) is 0 Å². The van der Waals surface area contributed by atoms with Gasteiger partial charge in [-0.25, -0.2) is 0 Å². The van der Waals surface area contributed by atoms with Crippen molar-refractivity contribution >= 4 is 23.4 Å². The van der Waals surface area contributed by atoms with E-state index in [1.54, 1.807) is 31.2 Å². The summed E-state index contributed by atoms with van der Waals surface area (Å²) >= 11 is 5.90. The number of aromatic nitrogens is 2. The Hall–Kier alpha value is -2.41. The largest absolute Gasteiger partial charge is 0.340 e. The Labute approximate surface area is 175 Å². The van der Waals surface area contributed by atoms with Gasteiger partial charge >= 0.3 is 0 Å². The number of benzene rings is 1. The summed E-state index contributed by atoms with van der Waals surface area (Å²) in [6, 6.07) is 6.06. The molecule has 8 heteroatoms. The van der Waals surface area contributed by atoms with E-state index in [1.807, 2.05) is 18.7 Å². The fraction of sp³-hybridized carbons (Fsp3) is 0.524. The average Bonchev–Trinajstić information content (AvgIpc) is 3.13. The van der Waals surface area contributed by atoms with Crippen LogP contribution >= 0.6 is 11.6 Å². The molecule has 0 radical (unpaired) electrons. The Morgan fingerprint density at radius 3 is 2.66 bits per heavy atom. The molecule has 1 aliphatic rings. The van der Waals surface area contributed by atoms with Crippen LogP contribution < -0.4 is 5.32 Å². The van der Waals surface area contributed by atoms with Crippen LogP contribution in [0, 0.1) is 12.8 Å². The van der Waals surface area contributed by atoms with Gasteiger partial charge in [-0.15, -0.1) is 0 Å². The van der Waals surface area contributed by atoms with Crippen LogP contribution in [-0.2, 0) is 4.79 Å². The molecular weight excluding hydrogens is 392 g/mol. The van der Waals surface area contributed by atoms with Gasteiger partial charge in [0.15, 0.2) is 5.82 Å². The molecule has 1 aromatic heterocycles. The van der Waals surface area contributed by atoms with Crippen molar-refractivity contribution in [3.63, 3.8) is 0 Å². The molecule has 1 saturated heterocycles. The van der Waals surface area contributed by atoms with Gasteiger partial charge in [-0.1, -0.05) is 30.6 Å². The summed E-state index contributed by atoms with van der Waals surface area (Å²) in [5, 5.41) is 7.34. The van der Waals surface area contributed by atoms with E-state index in [-0.39, 0.29) is 23.7 Å². The minimum absolute atomic E-state index is 0.0283. The van der Waals surface area contributed by atoms with Gasteiger partial charge in [0.25, 0.3) is 5.91 Å². The van der Waals surface area contributed by atoms with Crippen LogP contribution in [0.3, 0.4) is 0 Å². The zero-order valence-corrected chi connectivity index (χ0v) is 17.8. The van der Waals surface area contributed by atoms with Crippen molar-refractivity contribution in [1.29, 1.82) is 0 Å². The Morgan fingerprint density at radius 1 is 1.31 bits per heavy atom. The zero-order chi connectivity index (χ0) is 21.0. The summed E-state index contributed by atoms with van der Waals surface area (Å²) in [6.07, 6.45) is 2.33. The highest BCUT2D eigenvalue weighted by Crippen LogP contribution is 2.26. The SMILES string of the molecule is Cc1noc(C2CCCN(C(=O)C(CC(C)C)NC(=O)c3ccc(Cl)cc3)C2)n1. The quantitative estimate of drug-likeness (QED) is 0.774. The number of halogens is 1. The lowest BCUT2D eigenvalue weighted by Crippen LogP contribution is -2.51. The highest BCUT2D eigenvalue weighted by atomic mass is 35.5. The molecule has 2 amide bonds. The maximum absolute atomic E-state index is 13.3. The van der Waals surface area contributed by atoms with Gasteiger partial charge in [0.1, 0.15) is 6.04 Å².